The molecule has 0 bridgehead atoms. The molecule has 1 N–H and O–H groups in total. The second-order valence-corrected chi connectivity index (χ2v) is 10.6. The lowest BCUT2D eigenvalue weighted by molar-refractivity contribution is -0.137. The number of aromatic nitrogens is 2. The molecular formula is C32H29FN2O5. The minimum atomic E-state index is -0.863. The van der Waals surface area contributed by atoms with Gasteiger partial charge in [0.05, 0.1) is 18.7 Å². The lowest BCUT2D eigenvalue weighted by Crippen LogP contribution is -2.19. The van der Waals surface area contributed by atoms with Crippen molar-refractivity contribution >= 4 is 5.97 Å². The molecule has 7 nitrogen and oxygen atoms in total. The zero-order valence-electron chi connectivity index (χ0n) is 22.5. The minimum Gasteiger partial charge on any atom is -0.492 e. The summed E-state index contributed by atoms with van der Waals surface area (Å²) < 4.78 is 28.7. The molecule has 6 rings (SSSR count). The molecular weight excluding hydrogens is 511 g/mol. The van der Waals surface area contributed by atoms with E-state index < -0.39 is 12.1 Å². The average molecular weight is 541 g/mol. The number of ether oxygens (including phenoxy) is 2. The van der Waals surface area contributed by atoms with E-state index in [-0.39, 0.29) is 23.8 Å². The molecule has 0 radical (unpaired) electrons. The van der Waals surface area contributed by atoms with Gasteiger partial charge >= 0.3 is 11.7 Å². The van der Waals surface area contributed by atoms with Gasteiger partial charge in [-0.05, 0) is 84.8 Å². The molecule has 0 spiro atoms. The fourth-order valence-electron chi connectivity index (χ4n) is 6.06. The summed E-state index contributed by atoms with van der Waals surface area (Å²) in [5.41, 5.74) is 7.59. The number of hydrogen-bond acceptors (Lipinski definition) is 5. The van der Waals surface area contributed by atoms with Gasteiger partial charge in [0.25, 0.3) is 0 Å². The Morgan fingerprint density at radius 2 is 1.93 bits per heavy atom. The van der Waals surface area contributed by atoms with E-state index in [9.17, 15) is 9.59 Å². The first kappa shape index (κ1) is 25.8. The van der Waals surface area contributed by atoms with Gasteiger partial charge in [-0.2, -0.15) is 4.98 Å². The largest absolute Gasteiger partial charge is 0.492 e. The Balaban J connectivity index is 1.31. The van der Waals surface area contributed by atoms with Crippen molar-refractivity contribution in [2.24, 2.45) is 7.05 Å². The van der Waals surface area contributed by atoms with Crippen LogP contribution in [-0.2, 0) is 18.3 Å². The van der Waals surface area contributed by atoms with Crippen LogP contribution in [-0.4, -0.2) is 27.2 Å². The van der Waals surface area contributed by atoms with Gasteiger partial charge in [-0.15, -0.1) is 0 Å². The third kappa shape index (κ3) is 4.53. The van der Waals surface area contributed by atoms with E-state index in [0.717, 1.165) is 38.9 Å². The molecule has 4 aromatic rings. The molecule has 8 heteroatoms. The number of nitrogens with zero attached hydrogens (tertiary/aromatic N) is 2. The Labute approximate surface area is 230 Å². The van der Waals surface area contributed by atoms with Crippen molar-refractivity contribution in [3.05, 3.63) is 98.8 Å². The van der Waals surface area contributed by atoms with Crippen molar-refractivity contribution in [1.29, 1.82) is 0 Å². The SMILES string of the molecule is Cc1cc(-c2ccn(C)c(=O)n2)cc(C)c1-c1ccc(F)c2c1CC[C@H]2Oc1ccc2c(c1)OC[C@H]2CC(=O)O. The first-order valence-electron chi connectivity index (χ1n) is 13.3. The van der Waals surface area contributed by atoms with Gasteiger partial charge < -0.3 is 19.1 Å². The highest BCUT2D eigenvalue weighted by Gasteiger charge is 2.32. The van der Waals surface area contributed by atoms with Crippen LogP contribution in [0, 0.1) is 19.7 Å². The molecule has 204 valence electrons. The maximum Gasteiger partial charge on any atom is 0.347 e. The molecule has 0 fully saturated rings. The van der Waals surface area contributed by atoms with Crippen LogP contribution in [0.25, 0.3) is 22.4 Å². The van der Waals surface area contributed by atoms with Gasteiger partial charge in [-0.3, -0.25) is 4.79 Å². The highest BCUT2D eigenvalue weighted by atomic mass is 19.1. The van der Waals surface area contributed by atoms with Crippen LogP contribution in [0.4, 0.5) is 4.39 Å². The van der Waals surface area contributed by atoms with Gasteiger partial charge in [0.2, 0.25) is 0 Å². The Morgan fingerprint density at radius 3 is 2.65 bits per heavy atom. The number of rotatable bonds is 6. The van der Waals surface area contributed by atoms with Gasteiger partial charge in [0, 0.05) is 41.9 Å². The molecule has 0 saturated carbocycles. The third-order valence-corrected chi connectivity index (χ3v) is 7.92. The molecule has 2 atom stereocenters. The number of carbonyl (C=O) groups is 1. The van der Waals surface area contributed by atoms with Crippen LogP contribution in [0.5, 0.6) is 11.5 Å². The van der Waals surface area contributed by atoms with E-state index in [1.165, 1.54) is 10.6 Å². The van der Waals surface area contributed by atoms with E-state index in [1.54, 1.807) is 25.4 Å². The molecule has 1 aliphatic heterocycles. The zero-order chi connectivity index (χ0) is 28.1. The number of hydrogen-bond donors (Lipinski definition) is 1. The lowest BCUT2D eigenvalue weighted by atomic mass is 9.88. The van der Waals surface area contributed by atoms with Gasteiger partial charge in [-0.1, -0.05) is 12.1 Å². The standard InChI is InChI=1S/C32H29FN2O5/c1-17-12-19(26-10-11-35(3)32(38)34-26)13-18(2)30(17)23-6-8-25(33)31-24(23)7-9-27(31)40-21-4-5-22-20(14-29(36)37)16-39-28(22)15-21/h4-6,8,10-13,15,20,27H,7,9,14,16H2,1-3H3,(H,36,37)/t20-,27-/m1/s1. The molecule has 1 aliphatic carbocycles. The summed E-state index contributed by atoms with van der Waals surface area (Å²) in [6, 6.07) is 14.6. The van der Waals surface area contributed by atoms with Crippen molar-refractivity contribution in [3.63, 3.8) is 0 Å². The fraction of sp³-hybridized carbons (Fsp3) is 0.281. The van der Waals surface area contributed by atoms with Crippen LogP contribution < -0.4 is 15.2 Å². The van der Waals surface area contributed by atoms with Crippen molar-refractivity contribution in [2.45, 2.75) is 45.1 Å². The number of carboxylic acid groups (broad SMARTS) is 1. The van der Waals surface area contributed by atoms with Gasteiger partial charge in [0.15, 0.2) is 0 Å². The molecule has 0 unspecified atom stereocenters. The molecule has 2 heterocycles. The Morgan fingerprint density at radius 1 is 1.15 bits per heavy atom. The highest BCUT2D eigenvalue weighted by Crippen LogP contribution is 2.45. The zero-order valence-corrected chi connectivity index (χ0v) is 22.5. The second-order valence-electron chi connectivity index (χ2n) is 10.6. The van der Waals surface area contributed by atoms with E-state index in [2.05, 4.69) is 4.98 Å². The third-order valence-electron chi connectivity index (χ3n) is 7.92. The van der Waals surface area contributed by atoms with Crippen LogP contribution in [0.3, 0.4) is 0 Å². The van der Waals surface area contributed by atoms with Gasteiger partial charge in [-0.25, -0.2) is 9.18 Å². The van der Waals surface area contributed by atoms with Crippen LogP contribution >= 0.6 is 0 Å². The molecule has 1 aromatic heterocycles. The molecule has 40 heavy (non-hydrogen) atoms. The summed E-state index contributed by atoms with van der Waals surface area (Å²) in [6.45, 7) is 4.37. The predicted molar refractivity (Wildman–Crippen MR) is 148 cm³/mol. The highest BCUT2D eigenvalue weighted by molar-refractivity contribution is 5.79. The number of halogens is 1. The average Bonchev–Trinajstić information content (AvgIpc) is 3.51. The molecule has 0 saturated heterocycles. The topological polar surface area (TPSA) is 90.7 Å². The first-order chi connectivity index (χ1) is 19.2. The van der Waals surface area contributed by atoms with E-state index in [0.29, 0.717) is 42.2 Å². The summed E-state index contributed by atoms with van der Waals surface area (Å²) in [5, 5.41) is 9.16. The number of benzene rings is 3. The van der Waals surface area contributed by atoms with Crippen molar-refractivity contribution in [3.8, 4) is 33.9 Å². The maximum absolute atomic E-state index is 15.3. The second kappa shape index (κ2) is 9.93. The van der Waals surface area contributed by atoms with Crippen LogP contribution in [0.1, 0.15) is 52.7 Å². The summed E-state index contributed by atoms with van der Waals surface area (Å²) in [6.07, 6.45) is 2.58. The summed E-state index contributed by atoms with van der Waals surface area (Å²) in [4.78, 5) is 27.4. The van der Waals surface area contributed by atoms with Crippen molar-refractivity contribution in [1.82, 2.24) is 9.55 Å². The van der Waals surface area contributed by atoms with Gasteiger partial charge in [0.1, 0.15) is 23.4 Å². The van der Waals surface area contributed by atoms with E-state index >= 15 is 4.39 Å². The summed E-state index contributed by atoms with van der Waals surface area (Å²) in [7, 11) is 1.67. The maximum atomic E-state index is 15.3. The number of carboxylic acids is 1. The predicted octanol–water partition coefficient (Wildman–Crippen LogP) is 5.89. The fourth-order valence-corrected chi connectivity index (χ4v) is 6.06. The first-order valence-corrected chi connectivity index (χ1v) is 13.3. The number of fused-ring (bicyclic) bond motifs is 2. The summed E-state index contributed by atoms with van der Waals surface area (Å²) in [5.74, 6) is -0.159. The van der Waals surface area contributed by atoms with Crippen LogP contribution in [0.15, 0.2) is 59.5 Å². The summed E-state index contributed by atoms with van der Waals surface area (Å²) >= 11 is 0. The van der Waals surface area contributed by atoms with E-state index in [4.69, 9.17) is 14.6 Å². The number of aliphatic carboxylic acids is 1. The number of aryl methyl sites for hydroxylation is 3. The Hall–Kier alpha value is -4.46. The normalized spacial score (nSPS) is 17.3. The monoisotopic (exact) mass is 540 g/mol. The molecule has 3 aromatic carbocycles. The molecule has 0 amide bonds. The Kier molecular flexibility index (Phi) is 6.41. The Bertz CT molecular complexity index is 1700. The minimum absolute atomic E-state index is 0.0112. The van der Waals surface area contributed by atoms with E-state index in [1.807, 2.05) is 44.2 Å². The lowest BCUT2D eigenvalue weighted by Gasteiger charge is -2.19. The van der Waals surface area contributed by atoms with Crippen molar-refractivity contribution in [2.75, 3.05) is 6.61 Å². The smallest absolute Gasteiger partial charge is 0.347 e. The molecule has 2 aliphatic rings. The quantitative estimate of drug-likeness (QED) is 0.328. The van der Waals surface area contributed by atoms with Crippen LogP contribution in [0.2, 0.25) is 0 Å². The van der Waals surface area contributed by atoms with Crippen molar-refractivity contribution < 1.29 is 23.8 Å².